The van der Waals surface area contributed by atoms with Crippen LogP contribution in [0.2, 0.25) is 0 Å². The predicted octanol–water partition coefficient (Wildman–Crippen LogP) is 2.84. The fraction of sp³-hybridized carbons (Fsp3) is 0.500. The van der Waals surface area contributed by atoms with E-state index in [2.05, 4.69) is 32.2 Å². The zero-order chi connectivity index (χ0) is 6.91. The second-order valence-electron chi connectivity index (χ2n) is 3.18. The minimum atomic E-state index is 0. The van der Waals surface area contributed by atoms with Crippen LogP contribution in [0.25, 0.3) is 0 Å². The fourth-order valence-electron chi connectivity index (χ4n) is 0.627. The quantitative estimate of drug-likeness (QED) is 0.644. The zero-order valence-electron chi connectivity index (χ0n) is 6.44. The Bertz CT molecular complexity index is 172. The van der Waals surface area contributed by atoms with Crippen LogP contribution in [-0.4, -0.2) is 0 Å². The number of hydrogen-bond acceptors (Lipinski definition) is 1. The summed E-state index contributed by atoms with van der Waals surface area (Å²) in [4.78, 5) is 0. The van der Waals surface area contributed by atoms with Crippen molar-refractivity contribution >= 4 is 11.3 Å². The summed E-state index contributed by atoms with van der Waals surface area (Å²) in [7, 11) is 0. The van der Waals surface area contributed by atoms with Gasteiger partial charge in [0.1, 0.15) is 0 Å². The summed E-state index contributed by atoms with van der Waals surface area (Å²) < 4.78 is 0. The second-order valence-corrected chi connectivity index (χ2v) is 3.92. The Morgan fingerprint density at radius 2 is 2.00 bits per heavy atom. The van der Waals surface area contributed by atoms with Gasteiger partial charge in [-0.1, -0.05) is 20.8 Å². The van der Waals surface area contributed by atoms with Gasteiger partial charge < -0.3 is 0 Å². The third-order valence-corrected chi connectivity index (χ3v) is 1.90. The first-order valence-corrected chi connectivity index (χ1v) is 3.99. The van der Waals surface area contributed by atoms with Crippen LogP contribution in [0.1, 0.15) is 26.3 Å². The Balaban J connectivity index is 0.000000810. The minimum absolute atomic E-state index is 0. The van der Waals surface area contributed by atoms with E-state index >= 15 is 0 Å². The Labute approximate surface area is 80.3 Å². The van der Waals surface area contributed by atoms with Crippen molar-refractivity contribution in [1.29, 1.82) is 0 Å². The van der Waals surface area contributed by atoms with Gasteiger partial charge in [-0.3, -0.25) is 11.3 Å². The third kappa shape index (κ3) is 2.54. The van der Waals surface area contributed by atoms with Gasteiger partial charge >= 0.3 is 0 Å². The monoisotopic (exact) mass is 326 g/mol. The summed E-state index contributed by atoms with van der Waals surface area (Å²) in [6, 6.07) is 3.20. The molecule has 0 aliphatic heterocycles. The molecular formula is C8H11ReS-. The maximum atomic E-state index is 3.20. The van der Waals surface area contributed by atoms with Crippen molar-refractivity contribution in [1.82, 2.24) is 0 Å². The molecule has 0 aromatic carbocycles. The first kappa shape index (κ1) is 10.4. The molecule has 0 unspecified atom stereocenters. The van der Waals surface area contributed by atoms with Crippen LogP contribution < -0.4 is 0 Å². The molecule has 1 aromatic heterocycles. The van der Waals surface area contributed by atoms with Crippen molar-refractivity contribution in [2.24, 2.45) is 0 Å². The molecule has 0 saturated carbocycles. The van der Waals surface area contributed by atoms with Gasteiger partial charge in [-0.15, -0.1) is 5.38 Å². The number of hydrogen-bond donors (Lipinski definition) is 0. The van der Waals surface area contributed by atoms with E-state index in [0.717, 1.165) is 0 Å². The summed E-state index contributed by atoms with van der Waals surface area (Å²) in [6.45, 7) is 6.60. The largest absolute Gasteiger partial charge is 0.273 e. The van der Waals surface area contributed by atoms with Crippen molar-refractivity contribution in [2.45, 2.75) is 26.2 Å². The van der Waals surface area contributed by atoms with Gasteiger partial charge in [-0.25, -0.2) is 11.6 Å². The Hall–Kier alpha value is 0.362. The molecule has 57 valence electrons. The summed E-state index contributed by atoms with van der Waals surface area (Å²) in [6.07, 6.45) is 0. The van der Waals surface area contributed by atoms with Crippen LogP contribution in [0.5, 0.6) is 0 Å². The molecule has 10 heavy (non-hydrogen) atoms. The van der Waals surface area contributed by atoms with E-state index in [1.807, 2.05) is 5.38 Å². The zero-order valence-corrected chi connectivity index (χ0v) is 9.97. The molecular weight excluding hydrogens is 314 g/mol. The normalized spacial score (nSPS) is 10.7. The van der Waals surface area contributed by atoms with Crippen molar-refractivity contribution in [3.63, 3.8) is 0 Å². The molecule has 0 aliphatic carbocycles. The summed E-state index contributed by atoms with van der Waals surface area (Å²) in [5.41, 5.74) is 1.59. The van der Waals surface area contributed by atoms with Gasteiger partial charge in [0, 0.05) is 20.4 Å². The molecule has 0 fully saturated rings. The van der Waals surface area contributed by atoms with Crippen LogP contribution >= 0.6 is 11.3 Å². The smallest absolute Gasteiger partial charge is 0 e. The molecule has 2 heteroatoms. The Morgan fingerprint density at radius 3 is 2.20 bits per heavy atom. The molecule has 1 heterocycles. The first-order valence-electron chi connectivity index (χ1n) is 3.05. The second kappa shape index (κ2) is 3.67. The maximum absolute atomic E-state index is 3.20. The summed E-state index contributed by atoms with van der Waals surface area (Å²) in [5, 5.41) is 4.15. The van der Waals surface area contributed by atoms with Gasteiger partial charge in [-0.05, 0) is 5.41 Å². The molecule has 0 nitrogen and oxygen atoms in total. The van der Waals surface area contributed by atoms with Crippen molar-refractivity contribution in [3.05, 3.63) is 22.4 Å². The summed E-state index contributed by atoms with van der Waals surface area (Å²) in [5.74, 6) is 0. The van der Waals surface area contributed by atoms with Crippen LogP contribution in [-0.2, 0) is 25.8 Å². The maximum Gasteiger partial charge on any atom is 0 e. The minimum Gasteiger partial charge on any atom is -0.273 e. The average molecular weight is 325 g/mol. The first-order chi connectivity index (χ1) is 4.11. The fourth-order valence-corrected chi connectivity index (χ4v) is 1.45. The molecule has 1 radical (unpaired) electrons. The molecule has 0 spiro atoms. The van der Waals surface area contributed by atoms with E-state index in [4.69, 9.17) is 0 Å². The van der Waals surface area contributed by atoms with Crippen LogP contribution in [0, 0.1) is 6.07 Å². The van der Waals surface area contributed by atoms with E-state index in [1.165, 1.54) is 5.56 Å². The number of rotatable bonds is 0. The van der Waals surface area contributed by atoms with E-state index in [1.54, 1.807) is 11.3 Å². The van der Waals surface area contributed by atoms with Gasteiger partial charge in [0.2, 0.25) is 0 Å². The molecule has 0 bridgehead atoms. The van der Waals surface area contributed by atoms with E-state index in [-0.39, 0.29) is 25.8 Å². The van der Waals surface area contributed by atoms with Gasteiger partial charge in [0.15, 0.2) is 0 Å². The molecule has 0 saturated heterocycles. The van der Waals surface area contributed by atoms with Crippen LogP contribution in [0.4, 0.5) is 0 Å². The average Bonchev–Trinajstić information content (AvgIpc) is 2.08. The van der Waals surface area contributed by atoms with Crippen LogP contribution in [0.15, 0.2) is 10.8 Å². The topological polar surface area (TPSA) is 0 Å². The standard InChI is InChI=1S/C8H11S.Re/c1-8(2,3)7-4-5-9-6-7;/h5-6H,1-3H3;/q-1;. The molecule has 0 atom stereocenters. The number of thiophene rings is 1. The van der Waals surface area contributed by atoms with Gasteiger partial charge in [-0.2, -0.15) is 5.38 Å². The predicted molar refractivity (Wildman–Crippen MR) is 41.9 cm³/mol. The molecule has 1 rings (SSSR count). The van der Waals surface area contributed by atoms with Gasteiger partial charge in [0.05, 0.1) is 0 Å². The van der Waals surface area contributed by atoms with E-state index < -0.39 is 0 Å². The Kier molecular flexibility index (Phi) is 3.80. The molecule has 0 N–H and O–H groups in total. The summed E-state index contributed by atoms with van der Waals surface area (Å²) >= 11 is 1.71. The molecule has 0 amide bonds. The van der Waals surface area contributed by atoms with Crippen molar-refractivity contribution in [3.8, 4) is 0 Å². The van der Waals surface area contributed by atoms with E-state index in [0.29, 0.717) is 0 Å². The Morgan fingerprint density at radius 1 is 1.40 bits per heavy atom. The molecule has 0 aliphatic rings. The third-order valence-electron chi connectivity index (χ3n) is 1.28. The van der Waals surface area contributed by atoms with E-state index in [9.17, 15) is 0 Å². The van der Waals surface area contributed by atoms with Crippen LogP contribution in [0.3, 0.4) is 0 Å². The van der Waals surface area contributed by atoms with Gasteiger partial charge in [0.25, 0.3) is 0 Å². The molecule has 1 aromatic rings. The van der Waals surface area contributed by atoms with Crippen molar-refractivity contribution < 1.29 is 20.4 Å². The SMILES string of the molecule is CC(C)(C)c1[c-]csc1.[Re]. The van der Waals surface area contributed by atoms with Crippen molar-refractivity contribution in [2.75, 3.05) is 0 Å².